The first kappa shape index (κ1) is 16.2. The molecule has 1 unspecified atom stereocenters. The molecule has 25 heavy (non-hydrogen) atoms. The van der Waals surface area contributed by atoms with Crippen LogP contribution in [0.15, 0.2) is 52.1 Å². The molecule has 1 amide bonds. The Balaban J connectivity index is 1.66. The molecule has 2 heterocycles. The number of rotatable bonds is 2. The van der Waals surface area contributed by atoms with Crippen molar-refractivity contribution < 1.29 is 13.9 Å². The Bertz CT molecular complexity index is 874. The summed E-state index contributed by atoms with van der Waals surface area (Å²) >= 11 is 3.33. The fraction of sp³-hybridized carbons (Fsp3) is 0.278. The lowest BCUT2D eigenvalue weighted by Crippen LogP contribution is -2.41. The quantitative estimate of drug-likeness (QED) is 0.781. The first-order chi connectivity index (χ1) is 12.0. The van der Waals surface area contributed by atoms with E-state index in [0.717, 1.165) is 6.42 Å². The summed E-state index contributed by atoms with van der Waals surface area (Å²) in [6.45, 7) is 1.85. The van der Waals surface area contributed by atoms with Crippen LogP contribution in [0.5, 0.6) is 0 Å². The Morgan fingerprint density at radius 3 is 2.92 bits per heavy atom. The van der Waals surface area contributed by atoms with Crippen LogP contribution in [0.1, 0.15) is 29.3 Å². The molecule has 0 radical (unpaired) electrons. The third kappa shape index (κ3) is 2.93. The zero-order chi connectivity index (χ0) is 17.6. The maximum absolute atomic E-state index is 14.3. The van der Waals surface area contributed by atoms with Crippen LogP contribution >= 0.6 is 15.9 Å². The van der Waals surface area contributed by atoms with Crippen molar-refractivity contribution in [1.29, 1.82) is 0 Å². The Morgan fingerprint density at radius 1 is 1.40 bits per heavy atom. The Hall–Kier alpha value is -2.28. The van der Waals surface area contributed by atoms with E-state index in [1.165, 1.54) is 6.20 Å². The summed E-state index contributed by atoms with van der Waals surface area (Å²) in [4.78, 5) is 20.6. The van der Waals surface area contributed by atoms with E-state index >= 15 is 0 Å². The minimum Gasteiger partial charge on any atom is -0.461 e. The van der Waals surface area contributed by atoms with Gasteiger partial charge in [0.05, 0.1) is 5.54 Å². The van der Waals surface area contributed by atoms with E-state index < -0.39 is 11.5 Å². The number of nitrogens with zero attached hydrogens (tertiary/aromatic N) is 2. The molecule has 1 N–H and O–H groups in total. The molecule has 1 saturated carbocycles. The lowest BCUT2D eigenvalue weighted by atomic mass is 9.88. The van der Waals surface area contributed by atoms with Gasteiger partial charge in [0.1, 0.15) is 6.10 Å². The molecule has 2 aliphatic rings. The Labute approximate surface area is 152 Å². The Morgan fingerprint density at radius 2 is 2.16 bits per heavy atom. The number of benzene rings is 1. The number of fused-ring (bicyclic) bond motifs is 1. The van der Waals surface area contributed by atoms with Gasteiger partial charge in [-0.3, -0.25) is 10.1 Å². The SMILES string of the molecule is C[C@@]1(c2cc(Br)cnc2F)N=C(NC(=O)c2ccccc2)OC2C[C@H]21. The minimum absolute atomic E-state index is 0.0653. The molecule has 1 aromatic carbocycles. The van der Waals surface area contributed by atoms with Crippen molar-refractivity contribution in [2.75, 3.05) is 0 Å². The van der Waals surface area contributed by atoms with Crippen LogP contribution in [-0.4, -0.2) is 23.0 Å². The van der Waals surface area contributed by atoms with Crippen molar-refractivity contribution in [3.63, 3.8) is 0 Å². The highest BCUT2D eigenvalue weighted by Crippen LogP contribution is 2.53. The average molecular weight is 404 g/mol. The van der Waals surface area contributed by atoms with E-state index in [2.05, 4.69) is 31.2 Å². The van der Waals surface area contributed by atoms with Crippen LogP contribution in [0, 0.1) is 11.9 Å². The van der Waals surface area contributed by atoms with Crippen LogP contribution in [0.2, 0.25) is 0 Å². The van der Waals surface area contributed by atoms with E-state index in [4.69, 9.17) is 4.74 Å². The number of pyridine rings is 1. The van der Waals surface area contributed by atoms with E-state index in [1.54, 1.807) is 30.3 Å². The van der Waals surface area contributed by atoms with Crippen LogP contribution in [0.25, 0.3) is 0 Å². The largest absolute Gasteiger partial charge is 0.461 e. The summed E-state index contributed by atoms with van der Waals surface area (Å²) in [6.07, 6.45) is 2.09. The molecule has 4 rings (SSSR count). The zero-order valence-corrected chi connectivity index (χ0v) is 15.0. The number of nitrogens with one attached hydrogen (secondary N) is 1. The molecule has 3 atom stereocenters. The second-order valence-corrected chi connectivity index (χ2v) is 7.29. The number of amidine groups is 1. The van der Waals surface area contributed by atoms with Gasteiger partial charge in [-0.1, -0.05) is 18.2 Å². The minimum atomic E-state index is -0.830. The number of hydrogen-bond acceptors (Lipinski definition) is 4. The zero-order valence-electron chi connectivity index (χ0n) is 13.4. The number of amides is 1. The van der Waals surface area contributed by atoms with Gasteiger partial charge in [0.25, 0.3) is 11.9 Å². The topological polar surface area (TPSA) is 63.6 Å². The molecule has 0 spiro atoms. The van der Waals surface area contributed by atoms with Gasteiger partial charge < -0.3 is 4.74 Å². The molecule has 1 aliphatic heterocycles. The summed E-state index contributed by atoms with van der Waals surface area (Å²) in [7, 11) is 0. The molecule has 128 valence electrons. The molecular formula is C18H15BrFN3O2. The molecule has 2 aromatic rings. The van der Waals surface area contributed by atoms with Crippen LogP contribution in [-0.2, 0) is 10.3 Å². The smallest absolute Gasteiger partial charge is 0.292 e. The monoisotopic (exact) mass is 403 g/mol. The standard InChI is InChI=1S/C18H15BrFN3O2/c1-18(13-7-11(19)9-21-15(13)20)12-8-14(12)25-17(23-18)22-16(24)10-5-3-2-4-6-10/h2-7,9,12,14H,8H2,1H3,(H,22,23,24)/t12-,14?,18-/m1/s1. The highest BCUT2D eigenvalue weighted by molar-refractivity contribution is 9.10. The lowest BCUT2D eigenvalue weighted by Gasteiger charge is -2.30. The first-order valence-electron chi connectivity index (χ1n) is 7.92. The lowest BCUT2D eigenvalue weighted by molar-refractivity contribution is 0.0956. The fourth-order valence-corrected chi connectivity index (χ4v) is 3.54. The van der Waals surface area contributed by atoms with Gasteiger partial charge in [0, 0.05) is 27.7 Å². The fourth-order valence-electron chi connectivity index (χ4n) is 3.21. The predicted octanol–water partition coefficient (Wildman–Crippen LogP) is 3.40. The molecule has 0 saturated heterocycles. The maximum Gasteiger partial charge on any atom is 0.292 e. The average Bonchev–Trinajstić information content (AvgIpc) is 3.38. The van der Waals surface area contributed by atoms with Gasteiger partial charge in [-0.2, -0.15) is 4.39 Å². The maximum atomic E-state index is 14.3. The van der Waals surface area contributed by atoms with Crippen molar-refractivity contribution >= 4 is 27.9 Å². The predicted molar refractivity (Wildman–Crippen MR) is 93.6 cm³/mol. The highest BCUT2D eigenvalue weighted by atomic mass is 79.9. The van der Waals surface area contributed by atoms with Gasteiger partial charge in [-0.25, -0.2) is 9.98 Å². The summed E-state index contributed by atoms with van der Waals surface area (Å²) in [6, 6.07) is 10.6. The molecule has 1 aromatic heterocycles. The highest BCUT2D eigenvalue weighted by Gasteiger charge is 2.57. The van der Waals surface area contributed by atoms with Crippen LogP contribution in [0.4, 0.5) is 4.39 Å². The van der Waals surface area contributed by atoms with E-state index in [0.29, 0.717) is 15.6 Å². The van der Waals surface area contributed by atoms with Crippen molar-refractivity contribution in [2.24, 2.45) is 10.9 Å². The second kappa shape index (κ2) is 5.91. The third-order valence-corrected chi connectivity index (χ3v) is 5.09. The first-order valence-corrected chi connectivity index (χ1v) is 8.71. The van der Waals surface area contributed by atoms with E-state index in [-0.39, 0.29) is 24.0 Å². The van der Waals surface area contributed by atoms with Gasteiger partial charge in [0.15, 0.2) is 0 Å². The molecule has 1 aliphatic carbocycles. The van der Waals surface area contributed by atoms with Crippen molar-refractivity contribution in [3.8, 4) is 0 Å². The summed E-state index contributed by atoms with van der Waals surface area (Å²) in [5, 5.41) is 2.69. The summed E-state index contributed by atoms with van der Waals surface area (Å²) < 4.78 is 20.7. The second-order valence-electron chi connectivity index (χ2n) is 6.38. The van der Waals surface area contributed by atoms with E-state index in [9.17, 15) is 9.18 Å². The number of hydrogen-bond donors (Lipinski definition) is 1. The third-order valence-electron chi connectivity index (χ3n) is 4.66. The van der Waals surface area contributed by atoms with E-state index in [1.807, 2.05) is 13.0 Å². The number of halogens is 2. The van der Waals surface area contributed by atoms with Crippen molar-refractivity contribution in [2.45, 2.75) is 25.0 Å². The number of aliphatic imine (C=N–C) groups is 1. The summed E-state index contributed by atoms with van der Waals surface area (Å²) in [5.41, 5.74) is 0.0659. The molecule has 1 fully saturated rings. The molecule has 5 nitrogen and oxygen atoms in total. The number of aromatic nitrogens is 1. The van der Waals surface area contributed by atoms with Crippen molar-refractivity contribution in [1.82, 2.24) is 10.3 Å². The van der Waals surface area contributed by atoms with Gasteiger partial charge in [0.2, 0.25) is 5.95 Å². The summed E-state index contributed by atoms with van der Waals surface area (Å²) in [5.74, 6) is -0.806. The van der Waals surface area contributed by atoms with Crippen LogP contribution < -0.4 is 5.32 Å². The van der Waals surface area contributed by atoms with Gasteiger partial charge in [-0.05, 0) is 47.5 Å². The number of carbonyl (C=O) groups excluding carboxylic acids is 1. The van der Waals surface area contributed by atoms with Gasteiger partial charge >= 0.3 is 0 Å². The molecule has 0 bridgehead atoms. The number of carbonyl (C=O) groups is 1. The Kier molecular flexibility index (Phi) is 3.83. The van der Waals surface area contributed by atoms with Gasteiger partial charge in [-0.15, -0.1) is 0 Å². The molecular weight excluding hydrogens is 389 g/mol. The van der Waals surface area contributed by atoms with Crippen molar-refractivity contribution in [3.05, 3.63) is 64.1 Å². The normalized spacial score (nSPS) is 26.9. The molecule has 7 heteroatoms. The number of ether oxygens (including phenoxy) is 1. The van der Waals surface area contributed by atoms with Crippen LogP contribution in [0.3, 0.4) is 0 Å².